The van der Waals surface area contributed by atoms with E-state index in [1.165, 1.54) is 13.8 Å². The van der Waals surface area contributed by atoms with Gasteiger partial charge in [0.1, 0.15) is 10.8 Å². The van der Waals surface area contributed by atoms with E-state index in [0.29, 0.717) is 0 Å². The molecule has 20 heavy (non-hydrogen) atoms. The van der Waals surface area contributed by atoms with Gasteiger partial charge in [-0.3, -0.25) is 30.3 Å². The van der Waals surface area contributed by atoms with E-state index in [9.17, 15) is 35.1 Å². The van der Waals surface area contributed by atoms with Crippen LogP contribution in [0.4, 0.5) is 17.1 Å². The highest BCUT2D eigenvalue weighted by Crippen LogP contribution is 2.40. The van der Waals surface area contributed by atoms with Crippen molar-refractivity contribution in [2.45, 2.75) is 13.8 Å². The van der Waals surface area contributed by atoms with Gasteiger partial charge in [0, 0.05) is 6.07 Å². The van der Waals surface area contributed by atoms with Crippen molar-refractivity contribution in [1.29, 1.82) is 0 Å². The van der Waals surface area contributed by atoms with Crippen LogP contribution < -0.4 is 0 Å². The van der Waals surface area contributed by atoms with Gasteiger partial charge < -0.3 is 4.79 Å². The quantitative estimate of drug-likeness (QED) is 0.615. The molecule has 0 heterocycles. The summed E-state index contributed by atoms with van der Waals surface area (Å²) in [5.74, 6) is 0.167. The zero-order valence-corrected chi connectivity index (χ0v) is 11.0. The molecule has 0 aliphatic heterocycles. The second-order valence-corrected chi connectivity index (χ2v) is 3.85. The van der Waals surface area contributed by atoms with Crippen molar-refractivity contribution in [3.8, 4) is 0 Å². The molecule has 11 heteroatoms. The third-order valence-electron chi connectivity index (χ3n) is 1.64. The topological polar surface area (TPSA) is 146 Å². The second kappa shape index (κ2) is 7.09. The fourth-order valence-electron chi connectivity index (χ4n) is 1.05. The lowest BCUT2D eigenvalue weighted by molar-refractivity contribution is -0.441. The number of benzene rings is 1. The van der Waals surface area contributed by atoms with Crippen LogP contribution in [0.25, 0.3) is 0 Å². The van der Waals surface area contributed by atoms with E-state index >= 15 is 0 Å². The van der Waals surface area contributed by atoms with Crippen LogP contribution in [0, 0.1) is 30.3 Å². The van der Waals surface area contributed by atoms with E-state index in [-0.39, 0.29) is 5.78 Å². The fraction of sp³-hybridized carbons (Fsp3) is 0.222. The van der Waals surface area contributed by atoms with Crippen molar-refractivity contribution in [2.24, 2.45) is 0 Å². The number of ketones is 1. The third kappa shape index (κ3) is 4.57. The van der Waals surface area contributed by atoms with Crippen molar-refractivity contribution in [1.82, 2.24) is 0 Å². The molecule has 0 bridgehead atoms. The van der Waals surface area contributed by atoms with E-state index in [1.54, 1.807) is 0 Å². The predicted molar refractivity (Wildman–Crippen MR) is 67.8 cm³/mol. The Hall–Kier alpha value is -2.62. The van der Waals surface area contributed by atoms with Crippen LogP contribution in [0.15, 0.2) is 12.1 Å². The lowest BCUT2D eigenvalue weighted by Crippen LogP contribution is -2.01. The van der Waals surface area contributed by atoms with Gasteiger partial charge in [-0.15, -0.1) is 0 Å². The molecule has 0 saturated heterocycles. The van der Waals surface area contributed by atoms with Gasteiger partial charge in [-0.1, -0.05) is 11.6 Å². The molecule has 0 saturated carbocycles. The first kappa shape index (κ1) is 17.4. The fourth-order valence-corrected chi connectivity index (χ4v) is 1.27. The molecule has 1 aromatic rings. The summed E-state index contributed by atoms with van der Waals surface area (Å²) in [7, 11) is 0. The molecule has 1 aromatic carbocycles. The average molecular weight is 306 g/mol. The molecule has 1 rings (SSSR count). The minimum absolute atomic E-state index is 0.167. The van der Waals surface area contributed by atoms with Gasteiger partial charge in [-0.05, 0) is 19.9 Å². The molecule has 0 atom stereocenters. The molecule has 0 amide bonds. The van der Waals surface area contributed by atoms with Gasteiger partial charge in [-0.2, -0.15) is 0 Å². The van der Waals surface area contributed by atoms with Crippen molar-refractivity contribution in [3.63, 3.8) is 0 Å². The van der Waals surface area contributed by atoms with Gasteiger partial charge in [0.25, 0.3) is 0 Å². The Morgan fingerprint density at radius 2 is 1.35 bits per heavy atom. The lowest BCUT2D eigenvalue weighted by Gasteiger charge is -1.97. The second-order valence-electron chi connectivity index (χ2n) is 3.44. The molecule has 0 unspecified atom stereocenters. The molecule has 0 aliphatic carbocycles. The van der Waals surface area contributed by atoms with Gasteiger partial charge >= 0.3 is 17.1 Å². The third-order valence-corrected chi connectivity index (χ3v) is 1.95. The predicted octanol–water partition coefficient (Wildman–Crippen LogP) is 2.66. The number of nitrogens with zero attached hydrogens (tertiary/aromatic N) is 3. The number of Topliss-reactive ketones (excluding diaryl/α,β-unsaturated/α-hetero) is 1. The first-order valence-corrected chi connectivity index (χ1v) is 5.20. The molecule has 0 aromatic heterocycles. The zero-order chi connectivity index (χ0) is 16.0. The lowest BCUT2D eigenvalue weighted by atomic mass is 10.2. The summed E-state index contributed by atoms with van der Waals surface area (Å²) in [6.45, 7) is 3.06. The first-order chi connectivity index (χ1) is 9.09. The average Bonchev–Trinajstić information content (AvgIpc) is 2.26. The van der Waals surface area contributed by atoms with Crippen LogP contribution in [0.5, 0.6) is 0 Å². The van der Waals surface area contributed by atoms with Gasteiger partial charge in [-0.25, -0.2) is 0 Å². The van der Waals surface area contributed by atoms with E-state index in [4.69, 9.17) is 11.6 Å². The van der Waals surface area contributed by atoms with Gasteiger partial charge in [0.05, 0.1) is 14.8 Å². The highest BCUT2D eigenvalue weighted by atomic mass is 35.5. The minimum atomic E-state index is -1.22. The van der Waals surface area contributed by atoms with Gasteiger partial charge in [0.15, 0.2) is 0 Å². The maximum atomic E-state index is 10.5. The maximum absolute atomic E-state index is 10.5. The summed E-state index contributed by atoms with van der Waals surface area (Å²) in [4.78, 5) is 37.5. The summed E-state index contributed by atoms with van der Waals surface area (Å²) in [6.07, 6.45) is 0. The molecule has 0 fully saturated rings. The van der Waals surface area contributed by atoms with Crippen LogP contribution in [0.1, 0.15) is 13.8 Å². The number of carbonyl (C=O) groups excluding carboxylic acids is 1. The normalized spacial score (nSPS) is 9.15. The Morgan fingerprint density at radius 1 is 0.950 bits per heavy atom. The smallest absolute Gasteiger partial charge is 0.300 e. The van der Waals surface area contributed by atoms with E-state index < -0.39 is 36.9 Å². The Labute approximate surface area is 116 Å². The van der Waals surface area contributed by atoms with E-state index in [0.717, 1.165) is 12.1 Å². The van der Waals surface area contributed by atoms with Crippen LogP contribution >= 0.6 is 11.6 Å². The molecule has 10 nitrogen and oxygen atoms in total. The number of nitro groups is 3. The van der Waals surface area contributed by atoms with Gasteiger partial charge in [0.2, 0.25) is 0 Å². The van der Waals surface area contributed by atoms with Crippen molar-refractivity contribution in [3.05, 3.63) is 47.5 Å². The zero-order valence-electron chi connectivity index (χ0n) is 10.2. The summed E-state index contributed by atoms with van der Waals surface area (Å²) in [5, 5.41) is 31.0. The summed E-state index contributed by atoms with van der Waals surface area (Å²) < 4.78 is 0. The first-order valence-electron chi connectivity index (χ1n) is 4.82. The Kier molecular flexibility index (Phi) is 6.16. The molecule has 108 valence electrons. The number of hydrogen-bond donors (Lipinski definition) is 0. The number of halogens is 1. The maximum Gasteiger partial charge on any atom is 0.423 e. The highest BCUT2D eigenvalue weighted by molar-refractivity contribution is 6.33. The summed E-state index contributed by atoms with van der Waals surface area (Å²) >= 11 is 5.38. The van der Waals surface area contributed by atoms with Crippen LogP contribution in [0.3, 0.4) is 0 Å². The summed E-state index contributed by atoms with van der Waals surface area (Å²) in [6, 6.07) is 1.61. The Bertz CT molecular complexity index is 583. The monoisotopic (exact) mass is 305 g/mol. The minimum Gasteiger partial charge on any atom is -0.300 e. The summed E-state index contributed by atoms with van der Waals surface area (Å²) in [5.41, 5.74) is -3.27. The van der Waals surface area contributed by atoms with Crippen molar-refractivity contribution in [2.75, 3.05) is 0 Å². The Balaban J connectivity index is 0.000000796. The standard InChI is InChI=1S/C6H2ClN3O6.C3H6O/c7-3-1-2-4(8(11)12)6(10(15)16)5(3)9(13)14;1-3(2)4/h1-2H;1-2H3. The van der Waals surface area contributed by atoms with Crippen molar-refractivity contribution >= 4 is 34.4 Å². The molecular weight excluding hydrogens is 298 g/mol. The molecule has 0 spiro atoms. The van der Waals surface area contributed by atoms with Crippen LogP contribution in [0.2, 0.25) is 5.02 Å². The molecule has 0 radical (unpaired) electrons. The van der Waals surface area contributed by atoms with Crippen LogP contribution in [-0.4, -0.2) is 20.6 Å². The number of hydrogen-bond acceptors (Lipinski definition) is 7. The highest BCUT2D eigenvalue weighted by Gasteiger charge is 2.38. The SMILES string of the molecule is CC(C)=O.O=[N+]([O-])c1ccc(Cl)c([N+](=O)[O-])c1[N+](=O)[O-]. The number of nitro benzene ring substituents is 3. The Morgan fingerprint density at radius 3 is 1.65 bits per heavy atom. The van der Waals surface area contributed by atoms with Crippen LogP contribution in [-0.2, 0) is 4.79 Å². The number of rotatable bonds is 3. The van der Waals surface area contributed by atoms with Crippen molar-refractivity contribution < 1.29 is 19.6 Å². The molecule has 0 N–H and O–H groups in total. The number of carbonyl (C=O) groups is 1. The van der Waals surface area contributed by atoms with E-state index in [2.05, 4.69) is 0 Å². The molecular formula is C9H8ClN3O7. The van der Waals surface area contributed by atoms with E-state index in [1.807, 2.05) is 0 Å². The largest absolute Gasteiger partial charge is 0.423 e. The molecule has 0 aliphatic rings.